The minimum atomic E-state index is -0.842. The monoisotopic (exact) mass is 687 g/mol. The molecule has 214 valence electrons. The zero-order valence-electron chi connectivity index (χ0n) is 22.9. The lowest BCUT2D eigenvalue weighted by molar-refractivity contribution is 0.0560. The number of rotatable bonds is 9. The maximum atomic E-state index is 12.3. The van der Waals surface area contributed by atoms with Gasteiger partial charge in [0, 0.05) is 34.4 Å². The Morgan fingerprint density at radius 3 is 2.21 bits per heavy atom. The predicted molar refractivity (Wildman–Crippen MR) is 160 cm³/mol. The number of nitrogens with zero attached hydrogens (tertiary/aromatic N) is 1. The maximum Gasteiger partial charge on any atom is 0.437 e. The highest BCUT2D eigenvalue weighted by molar-refractivity contribution is 9.10. The standard InChI is InChI=1S/C27H35Br2N3O6S/c1-26(2,3)37-24(33)31-23(32-25(34)38-27(4,5)6)30-17-18-8-13-22(21(29)16-18)35-14-7-15-36-39-20-11-9-19(28)10-12-20/h8-13,16H,7,14-15,17H2,1-6H3,(H2,30,31,32,33,34). The molecule has 0 radical (unpaired) electrons. The second kappa shape index (κ2) is 15.5. The predicted octanol–water partition coefficient (Wildman–Crippen LogP) is 7.61. The average molecular weight is 689 g/mol. The van der Waals surface area contributed by atoms with E-state index in [1.807, 2.05) is 42.5 Å². The number of alkyl carbamates (subject to hydrolysis) is 1. The molecular weight excluding hydrogens is 654 g/mol. The molecule has 0 aliphatic carbocycles. The van der Waals surface area contributed by atoms with Crippen LogP contribution in [0.3, 0.4) is 0 Å². The number of hydrogen-bond donors (Lipinski definition) is 2. The number of nitrogens with one attached hydrogen (secondary N) is 2. The van der Waals surface area contributed by atoms with E-state index in [2.05, 4.69) is 47.5 Å². The molecule has 0 fully saturated rings. The van der Waals surface area contributed by atoms with E-state index in [0.717, 1.165) is 25.8 Å². The van der Waals surface area contributed by atoms with Crippen LogP contribution in [0, 0.1) is 0 Å². The summed E-state index contributed by atoms with van der Waals surface area (Å²) in [5.41, 5.74) is -0.596. The Morgan fingerprint density at radius 1 is 0.923 bits per heavy atom. The fourth-order valence-electron chi connectivity index (χ4n) is 2.74. The van der Waals surface area contributed by atoms with Crippen LogP contribution in [-0.4, -0.2) is 42.6 Å². The van der Waals surface area contributed by atoms with Gasteiger partial charge in [0.1, 0.15) is 17.0 Å². The third-order valence-electron chi connectivity index (χ3n) is 4.27. The molecule has 0 unspecified atom stereocenters. The molecule has 9 nitrogen and oxygen atoms in total. The van der Waals surface area contributed by atoms with Gasteiger partial charge in [-0.1, -0.05) is 22.0 Å². The average Bonchev–Trinajstić information content (AvgIpc) is 2.79. The Balaban J connectivity index is 1.88. The molecule has 0 saturated carbocycles. The van der Waals surface area contributed by atoms with Gasteiger partial charge in [0.2, 0.25) is 5.96 Å². The summed E-state index contributed by atoms with van der Waals surface area (Å²) in [6, 6.07) is 13.5. The molecule has 0 saturated heterocycles. The number of ether oxygens (including phenoxy) is 3. The highest BCUT2D eigenvalue weighted by Gasteiger charge is 2.20. The van der Waals surface area contributed by atoms with Crippen molar-refractivity contribution in [2.75, 3.05) is 13.2 Å². The van der Waals surface area contributed by atoms with Crippen molar-refractivity contribution in [2.45, 2.75) is 70.6 Å². The van der Waals surface area contributed by atoms with Gasteiger partial charge in [0.05, 0.1) is 17.7 Å². The highest BCUT2D eigenvalue weighted by atomic mass is 79.9. The summed E-state index contributed by atoms with van der Waals surface area (Å²) in [6.45, 7) is 11.7. The summed E-state index contributed by atoms with van der Waals surface area (Å²) in [4.78, 5) is 29.4. The molecule has 0 heterocycles. The number of amides is 2. The molecular formula is C27H35Br2N3O6S. The molecule has 39 heavy (non-hydrogen) atoms. The van der Waals surface area contributed by atoms with E-state index in [4.69, 9.17) is 18.4 Å². The maximum absolute atomic E-state index is 12.3. The first-order valence-electron chi connectivity index (χ1n) is 12.2. The quantitative estimate of drug-likeness (QED) is 0.120. The van der Waals surface area contributed by atoms with Crippen LogP contribution in [0.25, 0.3) is 0 Å². The number of guanidine groups is 1. The summed E-state index contributed by atoms with van der Waals surface area (Å²) in [7, 11) is 0. The minimum absolute atomic E-state index is 0.0871. The van der Waals surface area contributed by atoms with Gasteiger partial charge in [0.25, 0.3) is 0 Å². The van der Waals surface area contributed by atoms with Crippen molar-refractivity contribution >= 4 is 62.0 Å². The minimum Gasteiger partial charge on any atom is -0.492 e. The summed E-state index contributed by atoms with van der Waals surface area (Å²) >= 11 is 8.28. The number of halogens is 2. The van der Waals surface area contributed by atoms with Crippen LogP contribution in [0.5, 0.6) is 5.75 Å². The van der Waals surface area contributed by atoms with Crippen molar-refractivity contribution in [3.63, 3.8) is 0 Å². The van der Waals surface area contributed by atoms with Crippen LogP contribution in [0.1, 0.15) is 53.5 Å². The Bertz CT molecular complexity index is 1130. The van der Waals surface area contributed by atoms with Crippen molar-refractivity contribution in [3.05, 3.63) is 57.0 Å². The van der Waals surface area contributed by atoms with Crippen LogP contribution in [-0.2, 0) is 20.2 Å². The number of carbonyl (C=O) groups excluding carboxylic acids is 2. The second-order valence-corrected chi connectivity index (χ2v) is 12.9. The van der Waals surface area contributed by atoms with E-state index in [0.29, 0.717) is 19.0 Å². The molecule has 0 aliphatic rings. The van der Waals surface area contributed by atoms with Crippen LogP contribution >= 0.6 is 43.9 Å². The molecule has 0 spiro atoms. The van der Waals surface area contributed by atoms with Crippen LogP contribution in [0.15, 0.2) is 61.3 Å². The van der Waals surface area contributed by atoms with Gasteiger partial charge in [-0.25, -0.2) is 9.59 Å². The van der Waals surface area contributed by atoms with Crippen LogP contribution < -0.4 is 15.4 Å². The van der Waals surface area contributed by atoms with E-state index < -0.39 is 23.4 Å². The van der Waals surface area contributed by atoms with Gasteiger partial charge in [-0.2, -0.15) is 0 Å². The lowest BCUT2D eigenvalue weighted by atomic mass is 10.2. The summed E-state index contributed by atoms with van der Waals surface area (Å²) in [5, 5.41) is 5.42. The van der Waals surface area contributed by atoms with Gasteiger partial charge in [-0.15, -0.1) is 4.99 Å². The Labute approximate surface area is 251 Å². The SMILES string of the molecule is CC(C)(C)OC(=O)N=C(NCc1ccc(OCCCOSc2ccc(Br)cc2)c(Br)c1)NC(=O)OC(C)(C)C. The summed E-state index contributed by atoms with van der Waals surface area (Å²) < 4.78 is 23.8. The molecule has 2 N–H and O–H groups in total. The third-order valence-corrected chi connectivity index (χ3v) is 6.17. The fraction of sp³-hybridized carbons (Fsp3) is 0.444. The smallest absolute Gasteiger partial charge is 0.437 e. The third kappa shape index (κ3) is 14.6. The molecule has 0 aliphatic heterocycles. The largest absolute Gasteiger partial charge is 0.492 e. The molecule has 0 bridgehead atoms. The van der Waals surface area contributed by atoms with Gasteiger partial charge in [-0.05, 0) is 99.4 Å². The molecule has 0 aromatic heterocycles. The number of hydrogen-bond acceptors (Lipinski definition) is 7. The molecule has 0 atom stereocenters. The topological polar surface area (TPSA) is 107 Å². The van der Waals surface area contributed by atoms with Gasteiger partial charge in [-0.3, -0.25) is 5.32 Å². The zero-order valence-corrected chi connectivity index (χ0v) is 26.9. The van der Waals surface area contributed by atoms with Crippen molar-refractivity contribution in [3.8, 4) is 5.75 Å². The number of aliphatic imine (C=N–C) groups is 1. The number of carbonyl (C=O) groups is 2. The summed E-state index contributed by atoms with van der Waals surface area (Å²) in [5.74, 6) is 0.602. The molecule has 12 heteroatoms. The normalized spacial score (nSPS) is 12.1. The molecule has 2 aromatic carbocycles. The van der Waals surface area contributed by atoms with Gasteiger partial charge < -0.3 is 23.7 Å². The van der Waals surface area contributed by atoms with E-state index in [-0.39, 0.29) is 12.5 Å². The highest BCUT2D eigenvalue weighted by Crippen LogP contribution is 2.26. The van der Waals surface area contributed by atoms with Crippen LogP contribution in [0.4, 0.5) is 9.59 Å². The van der Waals surface area contributed by atoms with Gasteiger partial charge >= 0.3 is 12.2 Å². The van der Waals surface area contributed by atoms with E-state index in [1.165, 1.54) is 12.0 Å². The van der Waals surface area contributed by atoms with E-state index >= 15 is 0 Å². The molecule has 2 aromatic rings. The lowest BCUT2D eigenvalue weighted by Crippen LogP contribution is -2.44. The number of benzene rings is 2. The first kappa shape index (κ1) is 32.9. The van der Waals surface area contributed by atoms with E-state index in [1.54, 1.807) is 41.5 Å². The van der Waals surface area contributed by atoms with E-state index in [9.17, 15) is 9.59 Å². The van der Waals surface area contributed by atoms with Crippen molar-refractivity contribution in [2.24, 2.45) is 4.99 Å². The van der Waals surface area contributed by atoms with Crippen molar-refractivity contribution in [1.29, 1.82) is 0 Å². The first-order chi connectivity index (χ1) is 18.2. The molecule has 2 rings (SSSR count). The van der Waals surface area contributed by atoms with Crippen molar-refractivity contribution < 1.29 is 28.0 Å². The lowest BCUT2D eigenvalue weighted by Gasteiger charge is -2.21. The first-order valence-corrected chi connectivity index (χ1v) is 14.5. The van der Waals surface area contributed by atoms with Gasteiger partial charge in [0.15, 0.2) is 0 Å². The van der Waals surface area contributed by atoms with Crippen molar-refractivity contribution in [1.82, 2.24) is 10.6 Å². The summed E-state index contributed by atoms with van der Waals surface area (Å²) in [6.07, 6.45) is -0.869. The Hall–Kier alpha value is -2.28. The zero-order chi connectivity index (χ0) is 29.1. The van der Waals surface area contributed by atoms with Crippen LogP contribution in [0.2, 0.25) is 0 Å². The Kier molecular flexibility index (Phi) is 13.1. The Morgan fingerprint density at radius 2 is 1.59 bits per heavy atom. The fourth-order valence-corrected chi connectivity index (χ4v) is 4.13. The molecule has 2 amide bonds. The second-order valence-electron chi connectivity index (χ2n) is 10.2.